The summed E-state index contributed by atoms with van der Waals surface area (Å²) in [5, 5.41) is 11.5. The summed E-state index contributed by atoms with van der Waals surface area (Å²) < 4.78 is 2.75. The first-order chi connectivity index (χ1) is 15.0. The van der Waals surface area contributed by atoms with Crippen LogP contribution in [0.1, 0.15) is 23.6 Å². The van der Waals surface area contributed by atoms with Gasteiger partial charge in [-0.2, -0.15) is 0 Å². The van der Waals surface area contributed by atoms with E-state index in [2.05, 4.69) is 20.9 Å². The third kappa shape index (κ3) is 4.29. The zero-order chi connectivity index (χ0) is 22.0. The molecule has 1 saturated heterocycles. The normalized spacial score (nSPS) is 18.0. The van der Waals surface area contributed by atoms with Crippen LogP contribution in [0.4, 0.5) is 0 Å². The Morgan fingerprint density at radius 2 is 1.84 bits per heavy atom. The fraction of sp³-hybridized carbons (Fsp3) is 0.174. The second-order valence-electron chi connectivity index (χ2n) is 7.17. The van der Waals surface area contributed by atoms with Gasteiger partial charge in [0.05, 0.1) is 17.9 Å². The molecule has 0 bridgehead atoms. The van der Waals surface area contributed by atoms with Gasteiger partial charge in [-0.05, 0) is 30.2 Å². The highest BCUT2D eigenvalue weighted by Crippen LogP contribution is 2.41. The molecule has 1 aromatic heterocycles. The minimum absolute atomic E-state index is 0.0445. The molecule has 1 amide bonds. The molecule has 0 radical (unpaired) electrons. The smallest absolute Gasteiger partial charge is 0.295 e. The zero-order valence-electron chi connectivity index (χ0n) is 16.4. The molecule has 6 nitrogen and oxygen atoms in total. The van der Waals surface area contributed by atoms with Gasteiger partial charge in [0.25, 0.3) is 11.7 Å². The predicted molar refractivity (Wildman–Crippen MR) is 121 cm³/mol. The van der Waals surface area contributed by atoms with Crippen LogP contribution in [0.3, 0.4) is 0 Å². The Bertz CT molecular complexity index is 1140. The van der Waals surface area contributed by atoms with Crippen LogP contribution < -0.4 is 0 Å². The Balaban J connectivity index is 1.75. The number of benzene rings is 2. The van der Waals surface area contributed by atoms with Crippen molar-refractivity contribution in [2.24, 2.45) is 0 Å². The molecule has 2 aromatic carbocycles. The van der Waals surface area contributed by atoms with E-state index in [1.165, 1.54) is 4.90 Å². The van der Waals surface area contributed by atoms with Crippen LogP contribution in [-0.2, 0) is 16.1 Å². The van der Waals surface area contributed by atoms with Crippen LogP contribution in [0.2, 0.25) is 5.02 Å². The molecule has 3 aromatic rings. The second-order valence-corrected chi connectivity index (χ2v) is 8.50. The molecule has 0 aliphatic carbocycles. The first-order valence-electron chi connectivity index (χ1n) is 9.72. The molecule has 2 heterocycles. The summed E-state index contributed by atoms with van der Waals surface area (Å²) in [6.07, 6.45) is 5.84. The molecule has 0 unspecified atom stereocenters. The first-order valence-corrected chi connectivity index (χ1v) is 10.9. The Hall–Kier alpha value is -2.90. The number of carbonyl (C=O) groups is 2. The van der Waals surface area contributed by atoms with E-state index in [1.54, 1.807) is 61.1 Å². The van der Waals surface area contributed by atoms with Crippen LogP contribution in [0.25, 0.3) is 5.76 Å². The maximum Gasteiger partial charge on any atom is 0.295 e. The summed E-state index contributed by atoms with van der Waals surface area (Å²) in [4.78, 5) is 31.5. The van der Waals surface area contributed by atoms with Crippen molar-refractivity contribution in [3.05, 3.63) is 93.4 Å². The summed E-state index contributed by atoms with van der Waals surface area (Å²) in [6.45, 7) is 0.973. The number of imidazole rings is 1. The third-order valence-corrected chi connectivity index (χ3v) is 6.10. The number of aliphatic hydroxyl groups excluding tert-OH is 1. The molecular weight excluding hydrogens is 482 g/mol. The largest absolute Gasteiger partial charge is 0.507 e. The molecule has 0 saturated carbocycles. The van der Waals surface area contributed by atoms with Crippen molar-refractivity contribution in [2.45, 2.75) is 19.0 Å². The Labute approximate surface area is 192 Å². The second kappa shape index (κ2) is 9.08. The molecule has 8 heteroatoms. The van der Waals surface area contributed by atoms with Gasteiger partial charge in [-0.25, -0.2) is 4.98 Å². The first kappa shape index (κ1) is 21.3. The minimum atomic E-state index is -0.764. The van der Waals surface area contributed by atoms with Crippen molar-refractivity contribution in [1.82, 2.24) is 14.5 Å². The van der Waals surface area contributed by atoms with Crippen LogP contribution >= 0.6 is 27.5 Å². The van der Waals surface area contributed by atoms with Crippen LogP contribution in [0, 0.1) is 0 Å². The van der Waals surface area contributed by atoms with Gasteiger partial charge in [0.2, 0.25) is 0 Å². The topological polar surface area (TPSA) is 75.4 Å². The van der Waals surface area contributed by atoms with E-state index in [4.69, 9.17) is 11.6 Å². The SMILES string of the molecule is O=C1C(=O)N(CCCn2ccnc2)[C@@H](c2ccccc2Cl)/C1=C(\O)c1ccc(Br)cc1. The van der Waals surface area contributed by atoms with Crippen LogP contribution in [-0.4, -0.2) is 37.8 Å². The van der Waals surface area contributed by atoms with E-state index in [1.807, 2.05) is 10.8 Å². The van der Waals surface area contributed by atoms with E-state index in [9.17, 15) is 14.7 Å². The van der Waals surface area contributed by atoms with Crippen molar-refractivity contribution in [2.75, 3.05) is 6.54 Å². The van der Waals surface area contributed by atoms with E-state index in [0.29, 0.717) is 35.7 Å². The number of aryl methyl sites for hydroxylation is 1. The number of hydrogen-bond donors (Lipinski definition) is 1. The van der Waals surface area contributed by atoms with E-state index in [0.717, 1.165) is 4.47 Å². The van der Waals surface area contributed by atoms with Gasteiger partial charge in [-0.15, -0.1) is 0 Å². The fourth-order valence-electron chi connectivity index (χ4n) is 3.74. The monoisotopic (exact) mass is 499 g/mol. The summed E-state index contributed by atoms with van der Waals surface area (Å²) in [5.74, 6) is -1.57. The number of halogens is 2. The maximum atomic E-state index is 13.0. The highest BCUT2D eigenvalue weighted by Gasteiger charge is 2.46. The Morgan fingerprint density at radius 1 is 1.10 bits per heavy atom. The highest BCUT2D eigenvalue weighted by atomic mass is 79.9. The van der Waals surface area contributed by atoms with Crippen molar-refractivity contribution in [3.8, 4) is 0 Å². The average molecular weight is 501 g/mol. The number of rotatable bonds is 6. The number of ketones is 1. The Kier molecular flexibility index (Phi) is 6.25. The summed E-state index contributed by atoms with van der Waals surface area (Å²) in [6, 6.07) is 13.2. The van der Waals surface area contributed by atoms with Gasteiger partial charge < -0.3 is 14.6 Å². The van der Waals surface area contributed by atoms with E-state index >= 15 is 0 Å². The van der Waals surface area contributed by atoms with Gasteiger partial charge in [-0.1, -0.05) is 57.9 Å². The number of Topliss-reactive ketones (excluding diaryl/α,β-unsaturated/α-hetero) is 1. The number of amides is 1. The molecule has 4 rings (SSSR count). The standard InChI is InChI=1S/C23H19BrClN3O3/c24-16-8-6-15(7-9-16)21(29)19-20(17-4-1-2-5-18(17)25)28(23(31)22(19)30)12-3-11-27-13-10-26-14-27/h1-2,4-10,13-14,20,29H,3,11-12H2/b21-19+/t20-/m0/s1. The summed E-state index contributed by atoms with van der Waals surface area (Å²) in [7, 11) is 0. The highest BCUT2D eigenvalue weighted by molar-refractivity contribution is 9.10. The van der Waals surface area contributed by atoms with Crippen molar-refractivity contribution < 1.29 is 14.7 Å². The lowest BCUT2D eigenvalue weighted by atomic mass is 9.95. The zero-order valence-corrected chi connectivity index (χ0v) is 18.8. The third-order valence-electron chi connectivity index (χ3n) is 5.23. The molecule has 1 aliphatic heterocycles. The number of nitrogens with zero attached hydrogens (tertiary/aromatic N) is 3. The molecule has 1 atom stereocenters. The van der Waals surface area contributed by atoms with Gasteiger partial charge in [0.15, 0.2) is 0 Å². The molecule has 31 heavy (non-hydrogen) atoms. The number of carbonyl (C=O) groups excluding carboxylic acids is 2. The predicted octanol–water partition coefficient (Wildman–Crippen LogP) is 4.81. The summed E-state index contributed by atoms with van der Waals surface area (Å²) >= 11 is 9.81. The Morgan fingerprint density at radius 3 is 2.52 bits per heavy atom. The summed E-state index contributed by atoms with van der Waals surface area (Å²) in [5.41, 5.74) is 1.10. The van der Waals surface area contributed by atoms with Gasteiger partial charge in [0.1, 0.15) is 5.76 Å². The molecule has 1 N–H and O–H groups in total. The van der Waals surface area contributed by atoms with E-state index in [-0.39, 0.29) is 11.3 Å². The van der Waals surface area contributed by atoms with Crippen molar-refractivity contribution >= 4 is 45.0 Å². The van der Waals surface area contributed by atoms with Gasteiger partial charge in [0, 0.05) is 40.5 Å². The lowest BCUT2D eigenvalue weighted by Gasteiger charge is -2.26. The lowest BCUT2D eigenvalue weighted by Crippen LogP contribution is -2.31. The van der Waals surface area contributed by atoms with E-state index < -0.39 is 17.7 Å². The fourth-order valence-corrected chi connectivity index (χ4v) is 4.24. The number of aromatic nitrogens is 2. The molecule has 0 spiro atoms. The molecular formula is C23H19BrClN3O3. The number of aliphatic hydroxyl groups is 1. The van der Waals surface area contributed by atoms with Crippen molar-refractivity contribution in [1.29, 1.82) is 0 Å². The number of hydrogen-bond acceptors (Lipinski definition) is 4. The lowest BCUT2D eigenvalue weighted by molar-refractivity contribution is -0.139. The molecule has 1 aliphatic rings. The van der Waals surface area contributed by atoms with Gasteiger partial charge in [-0.3, -0.25) is 9.59 Å². The van der Waals surface area contributed by atoms with Crippen molar-refractivity contribution in [3.63, 3.8) is 0 Å². The molecule has 1 fully saturated rings. The minimum Gasteiger partial charge on any atom is -0.507 e. The maximum absolute atomic E-state index is 13.0. The van der Waals surface area contributed by atoms with Crippen LogP contribution in [0.5, 0.6) is 0 Å². The number of likely N-dealkylation sites (tertiary alicyclic amines) is 1. The molecule has 158 valence electrons. The van der Waals surface area contributed by atoms with Crippen LogP contribution in [0.15, 0.2) is 77.3 Å². The average Bonchev–Trinajstić information content (AvgIpc) is 3.36. The van der Waals surface area contributed by atoms with Gasteiger partial charge >= 0.3 is 0 Å². The quantitative estimate of drug-likeness (QED) is 0.299.